The molecule has 0 aliphatic rings. The molecule has 0 amide bonds. The lowest BCUT2D eigenvalue weighted by atomic mass is 9.87. The van der Waals surface area contributed by atoms with Gasteiger partial charge in [-0.3, -0.25) is 0 Å². The van der Waals surface area contributed by atoms with E-state index in [-0.39, 0.29) is 0 Å². The first kappa shape index (κ1) is 27.1. The first-order valence-electron chi connectivity index (χ1n) is 15.3. The standard InChI is InChI=1S/C44H26N2/c45-27-29-7-5-9-35(23-29)31-15-19-33(20-16-31)42-25-37-26-43(34-21-17-32(18-22-34)36-10-6-8-30(24-36)28-46)39-12-2-4-14-41(39)44(37)40-13-3-1-11-38(40)42/h1-26H. The van der Waals surface area contributed by atoms with Crippen molar-refractivity contribution in [1.29, 1.82) is 10.5 Å². The first-order chi connectivity index (χ1) is 22.7. The molecule has 0 unspecified atom stereocenters. The van der Waals surface area contributed by atoms with Crippen LogP contribution in [0.25, 0.3) is 76.8 Å². The molecule has 46 heavy (non-hydrogen) atoms. The molecule has 212 valence electrons. The molecule has 0 spiro atoms. The monoisotopic (exact) mass is 582 g/mol. The van der Waals surface area contributed by atoms with E-state index in [0.29, 0.717) is 11.1 Å². The van der Waals surface area contributed by atoms with Crippen molar-refractivity contribution in [2.24, 2.45) is 0 Å². The Morgan fingerprint density at radius 3 is 1.13 bits per heavy atom. The molecule has 2 nitrogen and oxygen atoms in total. The minimum absolute atomic E-state index is 0.660. The van der Waals surface area contributed by atoms with Crippen LogP contribution >= 0.6 is 0 Å². The van der Waals surface area contributed by atoms with E-state index < -0.39 is 0 Å². The molecule has 0 fully saturated rings. The second-order valence-electron chi connectivity index (χ2n) is 11.6. The number of benzene rings is 8. The molecule has 0 atom stereocenters. The zero-order chi connectivity index (χ0) is 31.0. The molecule has 0 radical (unpaired) electrons. The van der Waals surface area contributed by atoms with Crippen molar-refractivity contribution in [3.05, 3.63) is 169 Å². The molecule has 0 aliphatic heterocycles. The van der Waals surface area contributed by atoms with Crippen LogP contribution in [0.3, 0.4) is 0 Å². The summed E-state index contributed by atoms with van der Waals surface area (Å²) in [4.78, 5) is 0. The predicted octanol–water partition coefficient (Wildman–Crippen LogP) is 11.6. The summed E-state index contributed by atoms with van der Waals surface area (Å²) in [7, 11) is 0. The van der Waals surface area contributed by atoms with E-state index in [0.717, 1.165) is 33.4 Å². The Labute approximate surface area is 267 Å². The summed E-state index contributed by atoms with van der Waals surface area (Å²) in [6.45, 7) is 0. The number of rotatable bonds is 4. The molecular weight excluding hydrogens is 556 g/mol. The fourth-order valence-corrected chi connectivity index (χ4v) is 6.68. The van der Waals surface area contributed by atoms with Gasteiger partial charge in [-0.2, -0.15) is 10.5 Å². The molecule has 0 aliphatic carbocycles. The van der Waals surface area contributed by atoms with Gasteiger partial charge in [0.2, 0.25) is 0 Å². The molecule has 0 N–H and O–H groups in total. The molecule has 0 bridgehead atoms. The first-order valence-corrected chi connectivity index (χ1v) is 15.3. The maximum absolute atomic E-state index is 9.36. The summed E-state index contributed by atoms with van der Waals surface area (Å²) in [5, 5.41) is 26.1. The van der Waals surface area contributed by atoms with Crippen molar-refractivity contribution in [2.75, 3.05) is 0 Å². The van der Waals surface area contributed by atoms with Crippen LogP contribution in [0.1, 0.15) is 11.1 Å². The van der Waals surface area contributed by atoms with Crippen molar-refractivity contribution in [2.45, 2.75) is 0 Å². The van der Waals surface area contributed by atoms with Crippen molar-refractivity contribution < 1.29 is 0 Å². The highest BCUT2D eigenvalue weighted by Crippen LogP contribution is 2.42. The minimum Gasteiger partial charge on any atom is -0.192 e. The van der Waals surface area contributed by atoms with Gasteiger partial charge in [0.1, 0.15) is 0 Å². The number of nitriles is 2. The molecule has 8 aromatic rings. The second-order valence-corrected chi connectivity index (χ2v) is 11.6. The highest BCUT2D eigenvalue weighted by atomic mass is 14.2. The van der Waals surface area contributed by atoms with Crippen molar-refractivity contribution in [3.8, 4) is 56.6 Å². The summed E-state index contributed by atoms with van der Waals surface area (Å²) in [6, 6.07) is 59.3. The van der Waals surface area contributed by atoms with Gasteiger partial charge in [-0.25, -0.2) is 0 Å². The second kappa shape index (κ2) is 11.2. The average Bonchev–Trinajstić information content (AvgIpc) is 3.14. The molecule has 0 saturated heterocycles. The van der Waals surface area contributed by atoms with E-state index in [1.807, 2.05) is 48.5 Å². The van der Waals surface area contributed by atoms with Gasteiger partial charge >= 0.3 is 0 Å². The third-order valence-corrected chi connectivity index (χ3v) is 8.90. The number of hydrogen-bond acceptors (Lipinski definition) is 2. The van der Waals surface area contributed by atoms with Crippen LogP contribution in [0.5, 0.6) is 0 Å². The summed E-state index contributed by atoms with van der Waals surface area (Å²) < 4.78 is 0. The molecule has 0 saturated carbocycles. The molecular formula is C44H26N2. The van der Waals surface area contributed by atoms with E-state index in [1.165, 1.54) is 43.4 Å². The maximum Gasteiger partial charge on any atom is 0.0991 e. The SMILES string of the molecule is N#Cc1cccc(-c2ccc(-c3cc4cc(-c5ccc(-c6cccc(C#N)c6)cc5)c5ccccc5c4c4ccccc34)cc2)c1. The average molecular weight is 583 g/mol. The Balaban J connectivity index is 1.29. The molecule has 8 rings (SSSR count). The van der Waals surface area contributed by atoms with Crippen LogP contribution in [0.15, 0.2) is 158 Å². The van der Waals surface area contributed by atoms with Crippen LogP contribution in [0.4, 0.5) is 0 Å². The van der Waals surface area contributed by atoms with E-state index in [9.17, 15) is 10.5 Å². The van der Waals surface area contributed by atoms with Crippen molar-refractivity contribution in [1.82, 2.24) is 0 Å². The summed E-state index contributed by atoms with van der Waals surface area (Å²) in [6.07, 6.45) is 0. The third kappa shape index (κ3) is 4.67. The summed E-state index contributed by atoms with van der Waals surface area (Å²) >= 11 is 0. The number of nitrogens with zero attached hydrogens (tertiary/aromatic N) is 2. The van der Waals surface area contributed by atoms with Crippen molar-refractivity contribution >= 4 is 32.3 Å². The fourth-order valence-electron chi connectivity index (χ4n) is 6.68. The predicted molar refractivity (Wildman–Crippen MR) is 190 cm³/mol. The van der Waals surface area contributed by atoms with Gasteiger partial charge in [0.05, 0.1) is 23.3 Å². The Bertz CT molecular complexity index is 2350. The number of fused-ring (bicyclic) bond motifs is 5. The topological polar surface area (TPSA) is 47.6 Å². The highest BCUT2D eigenvalue weighted by Gasteiger charge is 2.15. The van der Waals surface area contributed by atoms with E-state index in [2.05, 4.69) is 121 Å². The largest absolute Gasteiger partial charge is 0.192 e. The van der Waals surface area contributed by atoms with Gasteiger partial charge in [0.25, 0.3) is 0 Å². The van der Waals surface area contributed by atoms with Crippen LogP contribution in [0, 0.1) is 22.7 Å². The van der Waals surface area contributed by atoms with E-state index in [4.69, 9.17) is 0 Å². The molecule has 2 heteroatoms. The fraction of sp³-hybridized carbons (Fsp3) is 0. The van der Waals surface area contributed by atoms with Gasteiger partial charge in [0.15, 0.2) is 0 Å². The van der Waals surface area contributed by atoms with Gasteiger partial charge < -0.3 is 0 Å². The zero-order valence-electron chi connectivity index (χ0n) is 24.9. The van der Waals surface area contributed by atoms with Gasteiger partial charge in [-0.05, 0) is 113 Å². The summed E-state index contributed by atoms with van der Waals surface area (Å²) in [5.74, 6) is 0. The van der Waals surface area contributed by atoms with Gasteiger partial charge in [0, 0.05) is 0 Å². The normalized spacial score (nSPS) is 11.0. The lowest BCUT2D eigenvalue weighted by molar-refractivity contribution is 1.48. The quantitative estimate of drug-likeness (QED) is 0.194. The Morgan fingerprint density at radius 2 is 0.717 bits per heavy atom. The Morgan fingerprint density at radius 1 is 0.326 bits per heavy atom. The lowest BCUT2D eigenvalue weighted by Gasteiger charge is -2.16. The Kier molecular flexibility index (Phi) is 6.61. The van der Waals surface area contributed by atoms with Crippen LogP contribution in [-0.2, 0) is 0 Å². The van der Waals surface area contributed by atoms with E-state index in [1.54, 1.807) is 0 Å². The lowest BCUT2D eigenvalue weighted by Crippen LogP contribution is -1.89. The van der Waals surface area contributed by atoms with E-state index >= 15 is 0 Å². The minimum atomic E-state index is 0.660. The molecule has 0 heterocycles. The van der Waals surface area contributed by atoms with Crippen LogP contribution in [-0.4, -0.2) is 0 Å². The summed E-state index contributed by atoms with van der Waals surface area (Å²) in [5.41, 5.74) is 10.2. The maximum atomic E-state index is 9.36. The smallest absolute Gasteiger partial charge is 0.0991 e. The third-order valence-electron chi connectivity index (χ3n) is 8.90. The van der Waals surface area contributed by atoms with Crippen LogP contribution in [0.2, 0.25) is 0 Å². The van der Waals surface area contributed by atoms with Gasteiger partial charge in [-0.15, -0.1) is 0 Å². The van der Waals surface area contributed by atoms with Crippen LogP contribution < -0.4 is 0 Å². The molecule has 0 aromatic heterocycles. The van der Waals surface area contributed by atoms with Crippen molar-refractivity contribution in [3.63, 3.8) is 0 Å². The zero-order valence-corrected chi connectivity index (χ0v) is 24.9. The Hall–Kier alpha value is -6.48. The molecule has 8 aromatic carbocycles. The van der Waals surface area contributed by atoms with Gasteiger partial charge in [-0.1, -0.05) is 121 Å². The highest BCUT2D eigenvalue weighted by molar-refractivity contribution is 6.25. The number of hydrogen-bond donors (Lipinski definition) is 0.